The lowest BCUT2D eigenvalue weighted by molar-refractivity contribution is 0.0589. The molecule has 3 N–H and O–H groups in total. The van der Waals surface area contributed by atoms with Gasteiger partial charge in [0, 0.05) is 24.9 Å². The zero-order valence-corrected chi connectivity index (χ0v) is 25.1. The summed E-state index contributed by atoms with van der Waals surface area (Å²) in [5, 5.41) is 3.49. The maximum absolute atomic E-state index is 15.8. The smallest absolute Gasteiger partial charge is 0.414 e. The van der Waals surface area contributed by atoms with Crippen LogP contribution in [0.25, 0.3) is 11.0 Å². The number of carbonyl (C=O) groups is 2. The molecule has 4 aromatic rings. The number of pyridine rings is 2. The first-order valence-electron chi connectivity index (χ1n) is 13.3. The van der Waals surface area contributed by atoms with Crippen LogP contribution >= 0.6 is 0 Å². The highest BCUT2D eigenvalue weighted by atomic mass is 19.1. The number of nitrogens with one attached hydrogen (secondary N) is 1. The van der Waals surface area contributed by atoms with Crippen molar-refractivity contribution in [1.82, 2.24) is 9.97 Å². The molecule has 43 heavy (non-hydrogen) atoms. The Hall–Kier alpha value is -5.13. The molecule has 3 aromatic heterocycles. The van der Waals surface area contributed by atoms with Crippen LogP contribution in [0.4, 0.5) is 32.1 Å². The molecule has 12 heteroatoms. The molecular formula is C31H34FN5O6. The van der Waals surface area contributed by atoms with Crippen LogP contribution in [0, 0.1) is 12.7 Å². The van der Waals surface area contributed by atoms with E-state index in [1.165, 1.54) is 45.8 Å². The van der Waals surface area contributed by atoms with Crippen molar-refractivity contribution in [3.8, 4) is 11.5 Å². The largest absolute Gasteiger partial charge is 0.496 e. The third kappa shape index (κ3) is 6.08. The van der Waals surface area contributed by atoms with E-state index < -0.39 is 23.3 Å². The third-order valence-electron chi connectivity index (χ3n) is 6.49. The zero-order chi connectivity index (χ0) is 31.6. The summed E-state index contributed by atoms with van der Waals surface area (Å²) in [5.41, 5.74) is 7.13. The van der Waals surface area contributed by atoms with E-state index in [-0.39, 0.29) is 46.1 Å². The molecule has 0 saturated carbocycles. The van der Waals surface area contributed by atoms with Gasteiger partial charge in [-0.3, -0.25) is 14.7 Å². The summed E-state index contributed by atoms with van der Waals surface area (Å²) in [4.78, 5) is 37.1. The number of aromatic nitrogens is 2. The van der Waals surface area contributed by atoms with Crippen LogP contribution < -0.4 is 25.4 Å². The van der Waals surface area contributed by atoms with E-state index in [1.54, 1.807) is 33.0 Å². The number of hydrogen-bond donors (Lipinski definition) is 2. The molecule has 0 atom stereocenters. The van der Waals surface area contributed by atoms with Crippen LogP contribution in [0.15, 0.2) is 47.8 Å². The number of methoxy groups -OCH3 is 2. The van der Waals surface area contributed by atoms with Gasteiger partial charge in [0.2, 0.25) is 5.78 Å². The first-order chi connectivity index (χ1) is 20.3. The summed E-state index contributed by atoms with van der Waals surface area (Å²) in [6.45, 7) is 10.7. The number of halogens is 1. The minimum atomic E-state index is -0.916. The number of nitrogens with zero attached hydrogens (tertiary/aromatic N) is 3. The van der Waals surface area contributed by atoms with Gasteiger partial charge in [0.1, 0.15) is 22.9 Å². The average molecular weight is 592 g/mol. The zero-order valence-electron chi connectivity index (χ0n) is 25.1. The van der Waals surface area contributed by atoms with Gasteiger partial charge in [-0.15, -0.1) is 6.58 Å². The number of nitrogens with two attached hydrogens (primary N) is 1. The molecule has 226 valence electrons. The number of benzene rings is 1. The Morgan fingerprint density at radius 2 is 1.86 bits per heavy atom. The summed E-state index contributed by atoms with van der Waals surface area (Å²) in [5.74, 6) is -1.73. The number of ketones is 1. The van der Waals surface area contributed by atoms with E-state index in [1.807, 2.05) is 6.92 Å². The number of nitrogen functional groups attached to an aromatic ring is 1. The number of allylic oxidation sites excluding steroid dienone is 1. The van der Waals surface area contributed by atoms with Crippen molar-refractivity contribution < 1.29 is 32.6 Å². The van der Waals surface area contributed by atoms with Gasteiger partial charge in [-0.2, -0.15) is 0 Å². The van der Waals surface area contributed by atoms with Crippen LogP contribution in [0.3, 0.4) is 0 Å². The highest BCUT2D eigenvalue weighted by Gasteiger charge is 2.34. The number of rotatable bonds is 9. The summed E-state index contributed by atoms with van der Waals surface area (Å²) >= 11 is 0. The van der Waals surface area contributed by atoms with Crippen molar-refractivity contribution in [2.75, 3.05) is 37.2 Å². The molecule has 0 radical (unpaired) electrons. The third-order valence-corrected chi connectivity index (χ3v) is 6.49. The summed E-state index contributed by atoms with van der Waals surface area (Å²) in [7, 11) is 4.11. The molecule has 4 rings (SSSR count). The second-order valence-corrected chi connectivity index (χ2v) is 10.7. The van der Waals surface area contributed by atoms with Crippen LogP contribution in [0.5, 0.6) is 11.5 Å². The van der Waals surface area contributed by atoms with Crippen molar-refractivity contribution in [1.29, 1.82) is 0 Å². The van der Waals surface area contributed by atoms with Crippen molar-refractivity contribution in [3.63, 3.8) is 0 Å². The van der Waals surface area contributed by atoms with Crippen LogP contribution in [0.2, 0.25) is 0 Å². The predicted molar refractivity (Wildman–Crippen MR) is 162 cm³/mol. The number of fused-ring (bicyclic) bond motifs is 1. The fourth-order valence-electron chi connectivity index (χ4n) is 4.53. The second kappa shape index (κ2) is 12.0. The minimum absolute atomic E-state index is 0.0462. The Kier molecular flexibility index (Phi) is 8.60. The van der Waals surface area contributed by atoms with Gasteiger partial charge in [-0.25, -0.2) is 14.2 Å². The van der Waals surface area contributed by atoms with Crippen LogP contribution in [0.1, 0.15) is 48.0 Å². The Morgan fingerprint density at radius 1 is 1.16 bits per heavy atom. The van der Waals surface area contributed by atoms with Gasteiger partial charge in [0.15, 0.2) is 22.9 Å². The maximum Gasteiger partial charge on any atom is 0.414 e. The average Bonchev–Trinajstić information content (AvgIpc) is 3.32. The number of ether oxygens (including phenoxy) is 3. The SMILES string of the molecule is C=CCc1c(OC)cc(OC)c(F)c1C(=O)c1oc2cnc(Nc3c(C)cncc3N)cc2c1N(C)C(=O)OC(C)(C)C. The Balaban J connectivity index is 1.97. The molecule has 0 aliphatic heterocycles. The summed E-state index contributed by atoms with van der Waals surface area (Å²) in [6.07, 6.45) is 5.39. The van der Waals surface area contributed by atoms with Gasteiger partial charge < -0.3 is 29.7 Å². The standard InChI is InChI=1S/C31H34FN5O6/c1-9-10-17-20(40-7)12-21(41-8)25(32)24(17)28(38)29-27(37(6)30(39)43-31(3,4)5)18-11-23(35-15-22(18)42-29)36-26-16(2)13-34-14-19(26)33/h9,11-15H,1,10,33H2,2-8H3,(H,34,35,36). The molecule has 3 heterocycles. The number of furan rings is 1. The summed E-state index contributed by atoms with van der Waals surface area (Å²) < 4.78 is 38.1. The first kappa shape index (κ1) is 30.8. The second-order valence-electron chi connectivity index (χ2n) is 10.7. The van der Waals surface area contributed by atoms with Gasteiger partial charge in [-0.05, 0) is 45.7 Å². The normalized spacial score (nSPS) is 11.3. The van der Waals surface area contributed by atoms with E-state index in [0.717, 1.165) is 10.5 Å². The van der Waals surface area contributed by atoms with Crippen molar-refractivity contribution >= 4 is 45.7 Å². The minimum Gasteiger partial charge on any atom is -0.496 e. The number of aryl methyl sites for hydroxylation is 1. The van der Waals surface area contributed by atoms with Crippen LogP contribution in [-0.4, -0.2) is 48.7 Å². The van der Waals surface area contributed by atoms with E-state index in [2.05, 4.69) is 21.9 Å². The Bertz CT molecular complexity index is 1710. The monoisotopic (exact) mass is 591 g/mol. The number of amides is 1. The van der Waals surface area contributed by atoms with E-state index >= 15 is 4.39 Å². The molecule has 0 unspecified atom stereocenters. The topological polar surface area (TPSA) is 142 Å². The molecule has 1 amide bonds. The van der Waals surface area contributed by atoms with Crippen LogP contribution in [-0.2, 0) is 11.2 Å². The molecule has 0 aliphatic rings. The number of carbonyl (C=O) groups excluding carboxylic acids is 2. The quantitative estimate of drug-likeness (QED) is 0.167. The van der Waals surface area contributed by atoms with E-state index in [9.17, 15) is 9.59 Å². The van der Waals surface area contributed by atoms with Gasteiger partial charge >= 0.3 is 6.09 Å². The van der Waals surface area contributed by atoms with E-state index in [0.29, 0.717) is 22.6 Å². The molecular weight excluding hydrogens is 557 g/mol. The van der Waals surface area contributed by atoms with E-state index in [4.69, 9.17) is 24.4 Å². The predicted octanol–water partition coefficient (Wildman–Crippen LogP) is 6.34. The van der Waals surface area contributed by atoms with Crippen molar-refractivity contribution in [2.45, 2.75) is 39.7 Å². The lowest BCUT2D eigenvalue weighted by Gasteiger charge is -2.24. The van der Waals surface area contributed by atoms with Crippen molar-refractivity contribution in [2.24, 2.45) is 0 Å². The molecule has 0 bridgehead atoms. The van der Waals surface area contributed by atoms with Crippen molar-refractivity contribution in [3.05, 3.63) is 71.6 Å². The van der Waals surface area contributed by atoms with Gasteiger partial charge in [0.05, 0.1) is 48.9 Å². The van der Waals surface area contributed by atoms with Gasteiger partial charge in [0.25, 0.3) is 0 Å². The molecule has 1 aromatic carbocycles. The molecule has 11 nitrogen and oxygen atoms in total. The lowest BCUT2D eigenvalue weighted by Crippen LogP contribution is -2.34. The number of anilines is 4. The molecule has 0 aliphatic carbocycles. The molecule has 0 fully saturated rings. The first-order valence-corrected chi connectivity index (χ1v) is 13.3. The highest BCUT2D eigenvalue weighted by molar-refractivity contribution is 6.18. The number of hydrogen-bond acceptors (Lipinski definition) is 10. The van der Waals surface area contributed by atoms with Gasteiger partial charge in [-0.1, -0.05) is 6.08 Å². The molecule has 0 saturated heterocycles. The lowest BCUT2D eigenvalue weighted by atomic mass is 9.96. The summed E-state index contributed by atoms with van der Waals surface area (Å²) in [6, 6.07) is 2.95. The maximum atomic E-state index is 15.8. The highest BCUT2D eigenvalue weighted by Crippen LogP contribution is 2.40. The molecule has 0 spiro atoms. The fraction of sp³-hybridized carbons (Fsp3) is 0.290. The fourth-order valence-corrected chi connectivity index (χ4v) is 4.53. The Labute approximate surface area is 248 Å². The Morgan fingerprint density at radius 3 is 2.47 bits per heavy atom.